The van der Waals surface area contributed by atoms with Gasteiger partial charge < -0.3 is 5.32 Å². The smallest absolute Gasteiger partial charge is 0.154 e. The number of aryl methyl sites for hydroxylation is 1. The van der Waals surface area contributed by atoms with Gasteiger partial charge in [0.2, 0.25) is 0 Å². The van der Waals surface area contributed by atoms with Crippen LogP contribution in [0.3, 0.4) is 0 Å². The van der Waals surface area contributed by atoms with E-state index in [9.17, 15) is 0 Å². The van der Waals surface area contributed by atoms with E-state index in [1.54, 1.807) is 0 Å². The summed E-state index contributed by atoms with van der Waals surface area (Å²) in [4.78, 5) is 4.02. The van der Waals surface area contributed by atoms with Crippen LogP contribution in [0.15, 0.2) is 6.07 Å². The molecule has 0 aliphatic heterocycles. The van der Waals surface area contributed by atoms with Gasteiger partial charge >= 0.3 is 0 Å². The first-order valence-corrected chi connectivity index (χ1v) is 5.76. The van der Waals surface area contributed by atoms with Crippen molar-refractivity contribution >= 4 is 28.9 Å². The van der Waals surface area contributed by atoms with Crippen molar-refractivity contribution < 1.29 is 0 Å². The molecule has 0 spiro atoms. The average Bonchev–Trinajstić information content (AvgIpc) is 2.10. The molecule has 0 aliphatic rings. The fraction of sp³-hybridized carbons (Fsp3) is 0.545. The molecule has 2 nitrogen and oxygen atoms in total. The summed E-state index contributed by atoms with van der Waals surface area (Å²) in [5.41, 5.74) is 1.90. The number of pyridine rings is 1. The van der Waals surface area contributed by atoms with E-state index >= 15 is 0 Å². The van der Waals surface area contributed by atoms with E-state index in [4.69, 9.17) is 23.2 Å². The van der Waals surface area contributed by atoms with E-state index in [2.05, 4.69) is 31.1 Å². The number of hydrogen-bond donors (Lipinski definition) is 1. The largest absolute Gasteiger partial charge is 0.380 e. The van der Waals surface area contributed by atoms with E-state index in [0.717, 1.165) is 11.3 Å². The third-order valence-electron chi connectivity index (χ3n) is 2.51. The molecule has 4 heteroatoms. The first-order valence-electron chi connectivity index (χ1n) is 5.01. The van der Waals surface area contributed by atoms with Gasteiger partial charge in [0, 0.05) is 6.04 Å². The second-order valence-electron chi connectivity index (χ2n) is 4.10. The van der Waals surface area contributed by atoms with E-state index in [0.29, 0.717) is 22.3 Å². The monoisotopic (exact) mass is 246 g/mol. The molecule has 0 aliphatic carbocycles. The van der Waals surface area contributed by atoms with Crippen molar-refractivity contribution in [1.29, 1.82) is 0 Å². The third-order valence-corrected chi connectivity index (χ3v) is 2.98. The molecular weight excluding hydrogens is 231 g/mol. The molecule has 1 aromatic rings. The molecule has 1 heterocycles. The second kappa shape index (κ2) is 5.04. The van der Waals surface area contributed by atoms with E-state index < -0.39 is 0 Å². The lowest BCUT2D eigenvalue weighted by atomic mass is 10.1. The van der Waals surface area contributed by atoms with Crippen molar-refractivity contribution in [3.8, 4) is 0 Å². The summed E-state index contributed by atoms with van der Waals surface area (Å²) in [5, 5.41) is 4.22. The Bertz CT molecular complexity index is 327. The van der Waals surface area contributed by atoms with Crippen LogP contribution in [0, 0.1) is 12.8 Å². The summed E-state index contributed by atoms with van der Waals surface area (Å²) in [5.74, 6) is 0.538. The minimum absolute atomic E-state index is 0.351. The predicted octanol–water partition coefficient (Wildman–Crippen LogP) is 4.15. The molecule has 0 amide bonds. The molecular formula is C11H16Cl2N2. The molecule has 0 bridgehead atoms. The van der Waals surface area contributed by atoms with Crippen LogP contribution in [0.25, 0.3) is 0 Å². The number of aromatic nitrogens is 1. The molecule has 0 radical (unpaired) electrons. The van der Waals surface area contributed by atoms with Gasteiger partial charge in [0.25, 0.3) is 0 Å². The van der Waals surface area contributed by atoms with Crippen LogP contribution in [0.1, 0.15) is 26.3 Å². The number of nitrogens with zero attached hydrogens (tertiary/aromatic N) is 1. The van der Waals surface area contributed by atoms with Crippen LogP contribution in [-0.2, 0) is 0 Å². The fourth-order valence-electron chi connectivity index (χ4n) is 1.16. The van der Waals surface area contributed by atoms with Crippen molar-refractivity contribution in [2.24, 2.45) is 5.92 Å². The number of rotatable bonds is 3. The summed E-state index contributed by atoms with van der Waals surface area (Å²) in [6.45, 7) is 8.40. The first-order chi connectivity index (χ1) is 6.91. The summed E-state index contributed by atoms with van der Waals surface area (Å²) in [6, 6.07) is 2.16. The minimum Gasteiger partial charge on any atom is -0.380 e. The van der Waals surface area contributed by atoms with Crippen molar-refractivity contribution in [2.75, 3.05) is 5.32 Å². The molecule has 0 fully saturated rings. The molecule has 1 N–H and O–H groups in total. The predicted molar refractivity (Wildman–Crippen MR) is 66.9 cm³/mol. The highest BCUT2D eigenvalue weighted by Gasteiger charge is 2.12. The number of hydrogen-bond acceptors (Lipinski definition) is 2. The van der Waals surface area contributed by atoms with Crippen molar-refractivity contribution in [3.63, 3.8) is 0 Å². The van der Waals surface area contributed by atoms with E-state index in [-0.39, 0.29) is 0 Å². The number of anilines is 1. The SMILES string of the molecule is Cc1cc(Cl)nc(Cl)c1NC(C)C(C)C. The maximum Gasteiger partial charge on any atom is 0.154 e. The van der Waals surface area contributed by atoms with Crippen LogP contribution in [-0.4, -0.2) is 11.0 Å². The number of nitrogens with one attached hydrogen (secondary N) is 1. The first kappa shape index (κ1) is 12.6. The maximum absolute atomic E-state index is 6.03. The summed E-state index contributed by atoms with van der Waals surface area (Å²) >= 11 is 11.8. The van der Waals surface area contributed by atoms with Crippen LogP contribution in [0.5, 0.6) is 0 Å². The minimum atomic E-state index is 0.351. The molecule has 0 saturated carbocycles. The Hall–Kier alpha value is -0.470. The Morgan fingerprint density at radius 1 is 1.27 bits per heavy atom. The van der Waals surface area contributed by atoms with Gasteiger partial charge in [-0.2, -0.15) is 0 Å². The van der Waals surface area contributed by atoms with Gasteiger partial charge in [-0.15, -0.1) is 0 Å². The summed E-state index contributed by atoms with van der Waals surface area (Å²) in [7, 11) is 0. The van der Waals surface area contributed by atoms with Crippen LogP contribution in [0.2, 0.25) is 10.3 Å². The van der Waals surface area contributed by atoms with Crippen LogP contribution in [0.4, 0.5) is 5.69 Å². The second-order valence-corrected chi connectivity index (χ2v) is 4.85. The van der Waals surface area contributed by atoms with Gasteiger partial charge in [0.15, 0.2) is 5.15 Å². The maximum atomic E-state index is 6.03. The molecule has 1 unspecified atom stereocenters. The zero-order valence-electron chi connectivity index (χ0n) is 9.44. The van der Waals surface area contributed by atoms with Crippen LogP contribution < -0.4 is 5.32 Å². The zero-order valence-corrected chi connectivity index (χ0v) is 10.9. The standard InChI is InChI=1S/C11H16Cl2N2/c1-6(2)8(4)14-10-7(3)5-9(12)15-11(10)13/h5-6,8,14H,1-4H3. The van der Waals surface area contributed by atoms with Crippen LogP contribution >= 0.6 is 23.2 Å². The molecule has 15 heavy (non-hydrogen) atoms. The van der Waals surface area contributed by atoms with Gasteiger partial charge in [-0.1, -0.05) is 37.0 Å². The Morgan fingerprint density at radius 2 is 1.87 bits per heavy atom. The van der Waals surface area contributed by atoms with Gasteiger partial charge in [-0.25, -0.2) is 4.98 Å². The molecule has 84 valence electrons. The van der Waals surface area contributed by atoms with E-state index in [1.807, 2.05) is 13.0 Å². The topological polar surface area (TPSA) is 24.9 Å². The van der Waals surface area contributed by atoms with E-state index in [1.165, 1.54) is 0 Å². The summed E-state index contributed by atoms with van der Waals surface area (Å²) in [6.07, 6.45) is 0. The molecule has 0 aromatic carbocycles. The lowest BCUT2D eigenvalue weighted by molar-refractivity contribution is 0.559. The Morgan fingerprint density at radius 3 is 2.33 bits per heavy atom. The molecule has 1 aromatic heterocycles. The Labute approximate surface area is 101 Å². The van der Waals surface area contributed by atoms with Crippen molar-refractivity contribution in [3.05, 3.63) is 21.9 Å². The Kier molecular flexibility index (Phi) is 4.23. The number of halogens is 2. The third kappa shape index (κ3) is 3.25. The molecule has 1 atom stereocenters. The lowest BCUT2D eigenvalue weighted by Gasteiger charge is -2.20. The summed E-state index contributed by atoms with van der Waals surface area (Å²) < 4.78 is 0. The fourth-order valence-corrected chi connectivity index (χ4v) is 1.75. The lowest BCUT2D eigenvalue weighted by Crippen LogP contribution is -2.22. The van der Waals surface area contributed by atoms with Gasteiger partial charge in [0.1, 0.15) is 5.15 Å². The zero-order chi connectivity index (χ0) is 11.6. The van der Waals surface area contributed by atoms with Crippen molar-refractivity contribution in [2.45, 2.75) is 33.7 Å². The molecule has 0 saturated heterocycles. The molecule has 1 rings (SSSR count). The van der Waals surface area contributed by atoms with Gasteiger partial charge in [-0.3, -0.25) is 0 Å². The van der Waals surface area contributed by atoms with Gasteiger partial charge in [-0.05, 0) is 31.4 Å². The van der Waals surface area contributed by atoms with Crippen molar-refractivity contribution in [1.82, 2.24) is 4.98 Å². The quantitative estimate of drug-likeness (QED) is 0.811. The van der Waals surface area contributed by atoms with Gasteiger partial charge in [0.05, 0.1) is 5.69 Å². The highest BCUT2D eigenvalue weighted by Crippen LogP contribution is 2.27. The Balaban J connectivity index is 2.95. The highest BCUT2D eigenvalue weighted by molar-refractivity contribution is 6.34. The normalized spacial score (nSPS) is 13.0. The average molecular weight is 247 g/mol. The highest BCUT2D eigenvalue weighted by atomic mass is 35.5.